The zero-order valence-electron chi connectivity index (χ0n) is 11.1. The van der Waals surface area contributed by atoms with E-state index in [-0.39, 0.29) is 0 Å². The highest BCUT2D eigenvalue weighted by molar-refractivity contribution is 4.82. The number of methoxy groups -OCH3 is 1. The Bertz CT molecular complexity index is 179. The molecule has 3 nitrogen and oxygen atoms in total. The molecule has 1 atom stereocenters. The van der Waals surface area contributed by atoms with E-state index in [9.17, 15) is 0 Å². The van der Waals surface area contributed by atoms with Crippen LogP contribution in [-0.2, 0) is 4.74 Å². The highest BCUT2D eigenvalue weighted by atomic mass is 16.5. The lowest BCUT2D eigenvalue weighted by Crippen LogP contribution is -2.45. The molecule has 0 aliphatic heterocycles. The summed E-state index contributed by atoms with van der Waals surface area (Å²) in [7, 11) is 3.93. The third-order valence-electron chi connectivity index (χ3n) is 4.06. The van der Waals surface area contributed by atoms with Gasteiger partial charge < -0.3 is 10.5 Å². The monoisotopic (exact) mass is 228 g/mol. The van der Waals surface area contributed by atoms with Crippen LogP contribution in [0.15, 0.2) is 0 Å². The predicted octanol–water partition coefficient (Wildman–Crippen LogP) is 1.72. The normalized spacial score (nSPS) is 28.3. The maximum absolute atomic E-state index is 5.93. The van der Waals surface area contributed by atoms with E-state index >= 15 is 0 Å². The van der Waals surface area contributed by atoms with Gasteiger partial charge in [0.25, 0.3) is 0 Å². The fourth-order valence-corrected chi connectivity index (χ4v) is 2.80. The maximum atomic E-state index is 5.93. The van der Waals surface area contributed by atoms with Crippen molar-refractivity contribution >= 4 is 0 Å². The summed E-state index contributed by atoms with van der Waals surface area (Å²) in [6, 6.07) is 0.544. The van der Waals surface area contributed by atoms with E-state index in [4.69, 9.17) is 10.5 Å². The third-order valence-corrected chi connectivity index (χ3v) is 4.06. The smallest absolute Gasteiger partial charge is 0.0589 e. The molecule has 2 N–H and O–H groups in total. The Balaban J connectivity index is 2.40. The first-order chi connectivity index (χ1) is 7.69. The Labute approximate surface area is 100 Å². The van der Waals surface area contributed by atoms with Gasteiger partial charge in [0.15, 0.2) is 0 Å². The lowest BCUT2D eigenvalue weighted by Gasteiger charge is -2.37. The van der Waals surface area contributed by atoms with Crippen LogP contribution in [0.1, 0.15) is 32.6 Å². The van der Waals surface area contributed by atoms with Gasteiger partial charge in [-0.2, -0.15) is 0 Å². The molecule has 0 radical (unpaired) electrons. The van der Waals surface area contributed by atoms with Gasteiger partial charge in [-0.1, -0.05) is 19.8 Å². The van der Waals surface area contributed by atoms with E-state index in [1.165, 1.54) is 25.7 Å². The number of likely N-dealkylation sites (N-methyl/N-ethyl adjacent to an activating group) is 1. The summed E-state index contributed by atoms with van der Waals surface area (Å²) in [5.74, 6) is 1.71. The van der Waals surface area contributed by atoms with Gasteiger partial charge in [-0.3, -0.25) is 4.90 Å². The highest BCUT2D eigenvalue weighted by Gasteiger charge is 2.27. The first kappa shape index (κ1) is 13.9. The van der Waals surface area contributed by atoms with E-state index in [0.717, 1.165) is 31.5 Å². The van der Waals surface area contributed by atoms with Gasteiger partial charge in [0.2, 0.25) is 0 Å². The fourth-order valence-electron chi connectivity index (χ4n) is 2.80. The molecular weight excluding hydrogens is 200 g/mol. The van der Waals surface area contributed by atoms with Crippen LogP contribution >= 0.6 is 0 Å². The van der Waals surface area contributed by atoms with E-state index < -0.39 is 0 Å². The van der Waals surface area contributed by atoms with Crippen LogP contribution in [0.3, 0.4) is 0 Å². The van der Waals surface area contributed by atoms with Crippen LogP contribution in [-0.4, -0.2) is 44.8 Å². The molecule has 1 fully saturated rings. The molecule has 0 amide bonds. The van der Waals surface area contributed by atoms with Crippen molar-refractivity contribution in [3.63, 3.8) is 0 Å². The highest BCUT2D eigenvalue weighted by Crippen LogP contribution is 2.31. The summed E-state index contributed by atoms with van der Waals surface area (Å²) in [5, 5.41) is 0. The quantitative estimate of drug-likeness (QED) is 0.752. The summed E-state index contributed by atoms with van der Waals surface area (Å²) in [6.07, 6.45) is 5.44. The molecule has 1 aliphatic carbocycles. The molecule has 96 valence electrons. The second-order valence-corrected chi connectivity index (χ2v) is 5.30. The summed E-state index contributed by atoms with van der Waals surface area (Å²) in [5.41, 5.74) is 5.93. The molecule has 0 aromatic rings. The predicted molar refractivity (Wildman–Crippen MR) is 68.5 cm³/mol. The molecule has 0 saturated heterocycles. The minimum absolute atomic E-state index is 0.544. The number of nitrogens with two attached hydrogens (primary N) is 1. The van der Waals surface area contributed by atoms with Crippen LogP contribution in [0.5, 0.6) is 0 Å². The van der Waals surface area contributed by atoms with Crippen molar-refractivity contribution in [2.45, 2.75) is 38.6 Å². The molecule has 0 aromatic carbocycles. The number of rotatable bonds is 6. The Hall–Kier alpha value is -0.120. The number of nitrogens with zero attached hydrogens (tertiary/aromatic N) is 1. The largest absolute Gasteiger partial charge is 0.383 e. The van der Waals surface area contributed by atoms with E-state index in [1.54, 1.807) is 7.11 Å². The van der Waals surface area contributed by atoms with Gasteiger partial charge in [0.05, 0.1) is 6.61 Å². The zero-order valence-corrected chi connectivity index (χ0v) is 11.1. The SMILES string of the molecule is COCCN(C)C(CN)C1CCC(C)CC1. The first-order valence-corrected chi connectivity index (χ1v) is 6.58. The van der Waals surface area contributed by atoms with Crippen molar-refractivity contribution in [2.24, 2.45) is 17.6 Å². The average molecular weight is 228 g/mol. The topological polar surface area (TPSA) is 38.5 Å². The lowest BCUT2D eigenvalue weighted by atomic mass is 9.79. The van der Waals surface area contributed by atoms with Gasteiger partial charge in [-0.15, -0.1) is 0 Å². The van der Waals surface area contributed by atoms with Gasteiger partial charge >= 0.3 is 0 Å². The van der Waals surface area contributed by atoms with Gasteiger partial charge in [-0.05, 0) is 31.7 Å². The molecule has 16 heavy (non-hydrogen) atoms. The lowest BCUT2D eigenvalue weighted by molar-refractivity contribution is 0.0982. The summed E-state index contributed by atoms with van der Waals surface area (Å²) in [6.45, 7) is 4.93. The Morgan fingerprint density at radius 2 is 1.94 bits per heavy atom. The van der Waals surface area contributed by atoms with Crippen LogP contribution in [0.2, 0.25) is 0 Å². The maximum Gasteiger partial charge on any atom is 0.0589 e. The molecule has 1 unspecified atom stereocenters. The molecule has 3 heteroatoms. The van der Waals surface area contributed by atoms with Crippen LogP contribution in [0.4, 0.5) is 0 Å². The molecule has 0 bridgehead atoms. The molecule has 1 aliphatic rings. The van der Waals surface area contributed by atoms with Crippen molar-refractivity contribution in [3.05, 3.63) is 0 Å². The van der Waals surface area contributed by atoms with Gasteiger partial charge in [0, 0.05) is 26.2 Å². The minimum atomic E-state index is 0.544. The van der Waals surface area contributed by atoms with Crippen LogP contribution < -0.4 is 5.73 Å². The summed E-state index contributed by atoms with van der Waals surface area (Å²) in [4.78, 5) is 2.38. The van der Waals surface area contributed by atoms with E-state index in [2.05, 4.69) is 18.9 Å². The second kappa shape index (κ2) is 7.25. The van der Waals surface area contributed by atoms with Crippen LogP contribution in [0, 0.1) is 11.8 Å². The molecule has 0 heterocycles. The summed E-state index contributed by atoms with van der Waals surface area (Å²) >= 11 is 0. The Morgan fingerprint density at radius 1 is 1.31 bits per heavy atom. The van der Waals surface area contributed by atoms with Crippen LogP contribution in [0.25, 0.3) is 0 Å². The molecule has 0 spiro atoms. The Morgan fingerprint density at radius 3 is 2.44 bits per heavy atom. The van der Waals surface area contributed by atoms with E-state index in [0.29, 0.717) is 6.04 Å². The van der Waals surface area contributed by atoms with Crippen molar-refractivity contribution in [1.82, 2.24) is 4.90 Å². The average Bonchev–Trinajstić information content (AvgIpc) is 2.30. The number of hydrogen-bond donors (Lipinski definition) is 1. The first-order valence-electron chi connectivity index (χ1n) is 6.58. The molecular formula is C13H28N2O. The molecule has 0 aromatic heterocycles. The minimum Gasteiger partial charge on any atom is -0.383 e. The fraction of sp³-hybridized carbons (Fsp3) is 1.00. The molecule has 1 rings (SSSR count). The standard InChI is InChI=1S/C13H28N2O/c1-11-4-6-12(7-5-11)13(10-14)15(2)8-9-16-3/h11-13H,4-10,14H2,1-3H3. The molecule has 1 saturated carbocycles. The van der Waals surface area contributed by atoms with Gasteiger partial charge in [0.1, 0.15) is 0 Å². The number of ether oxygens (including phenoxy) is 1. The Kier molecular flexibility index (Phi) is 6.32. The van der Waals surface area contributed by atoms with Crippen molar-refractivity contribution in [2.75, 3.05) is 33.9 Å². The second-order valence-electron chi connectivity index (χ2n) is 5.30. The van der Waals surface area contributed by atoms with E-state index in [1.807, 2.05) is 0 Å². The third kappa shape index (κ3) is 4.04. The van der Waals surface area contributed by atoms with Crippen molar-refractivity contribution in [3.8, 4) is 0 Å². The van der Waals surface area contributed by atoms with Gasteiger partial charge in [-0.25, -0.2) is 0 Å². The van der Waals surface area contributed by atoms with Crippen molar-refractivity contribution in [1.29, 1.82) is 0 Å². The van der Waals surface area contributed by atoms with Crippen molar-refractivity contribution < 1.29 is 4.74 Å². The zero-order chi connectivity index (χ0) is 12.0. The summed E-state index contributed by atoms with van der Waals surface area (Å²) < 4.78 is 5.13. The number of hydrogen-bond acceptors (Lipinski definition) is 3.